The third kappa shape index (κ3) is 1.81. The molecule has 0 fully saturated rings. The van der Waals surface area contributed by atoms with Crippen LogP contribution in [0.1, 0.15) is 22.3 Å². The molecule has 0 atom stereocenters. The predicted molar refractivity (Wildman–Crippen MR) is 67.6 cm³/mol. The number of ether oxygens (including phenoxy) is 1. The van der Waals surface area contributed by atoms with Crippen LogP contribution in [0.4, 0.5) is 0 Å². The van der Waals surface area contributed by atoms with E-state index < -0.39 is 5.76 Å². The Hall–Kier alpha value is -2.04. The van der Waals surface area contributed by atoms with Crippen molar-refractivity contribution in [1.29, 1.82) is 0 Å². The lowest BCUT2D eigenvalue weighted by molar-refractivity contribution is 0.282. The summed E-state index contributed by atoms with van der Waals surface area (Å²) in [5.74, 6) is -0.544. The van der Waals surface area contributed by atoms with Crippen molar-refractivity contribution in [2.45, 2.75) is 27.7 Å². The minimum Gasteiger partial charge on any atom is -0.452 e. The molecule has 0 aliphatic carbocycles. The first-order chi connectivity index (χ1) is 8.45. The maximum absolute atomic E-state index is 11.7. The van der Waals surface area contributed by atoms with Crippen LogP contribution in [0.2, 0.25) is 0 Å². The second kappa shape index (κ2) is 4.33. The van der Waals surface area contributed by atoms with Crippen LogP contribution in [-0.4, -0.2) is 16.9 Å². The summed E-state index contributed by atoms with van der Waals surface area (Å²) < 4.78 is 10.9. The van der Waals surface area contributed by atoms with Gasteiger partial charge in [0.25, 0.3) is 0 Å². The van der Waals surface area contributed by atoms with Gasteiger partial charge in [-0.3, -0.25) is 0 Å². The van der Waals surface area contributed by atoms with Crippen molar-refractivity contribution in [2.75, 3.05) is 7.11 Å². The monoisotopic (exact) mass is 248 g/mol. The van der Waals surface area contributed by atoms with Crippen molar-refractivity contribution in [3.63, 3.8) is 0 Å². The molecule has 1 aromatic heterocycles. The van der Waals surface area contributed by atoms with Gasteiger partial charge in [0.1, 0.15) is 0 Å². The van der Waals surface area contributed by atoms with Crippen LogP contribution in [0.3, 0.4) is 0 Å². The third-order valence-electron chi connectivity index (χ3n) is 3.39. The van der Waals surface area contributed by atoms with Crippen LogP contribution in [0.25, 0.3) is 5.69 Å². The van der Waals surface area contributed by atoms with Crippen molar-refractivity contribution in [1.82, 2.24) is 9.78 Å². The third-order valence-corrected chi connectivity index (χ3v) is 3.39. The van der Waals surface area contributed by atoms with E-state index in [1.807, 2.05) is 26.8 Å². The second-order valence-electron chi connectivity index (χ2n) is 4.34. The maximum Gasteiger partial charge on any atom is 0.444 e. The Balaban J connectivity index is 2.71. The number of methoxy groups -OCH3 is 1. The Morgan fingerprint density at radius 3 is 2.39 bits per heavy atom. The quantitative estimate of drug-likeness (QED) is 0.816. The van der Waals surface area contributed by atoms with E-state index in [2.05, 4.69) is 12.0 Å². The van der Waals surface area contributed by atoms with E-state index in [4.69, 9.17) is 9.15 Å². The highest BCUT2D eigenvalue weighted by molar-refractivity contribution is 5.51. The van der Waals surface area contributed by atoms with Crippen LogP contribution in [0, 0.1) is 27.7 Å². The van der Waals surface area contributed by atoms with Gasteiger partial charge in [0.15, 0.2) is 0 Å². The molecule has 0 unspecified atom stereocenters. The van der Waals surface area contributed by atoms with Crippen LogP contribution in [0.5, 0.6) is 6.08 Å². The van der Waals surface area contributed by atoms with E-state index in [0.717, 1.165) is 22.4 Å². The van der Waals surface area contributed by atoms with Gasteiger partial charge < -0.3 is 9.15 Å². The van der Waals surface area contributed by atoms with Crippen molar-refractivity contribution in [2.24, 2.45) is 0 Å². The van der Waals surface area contributed by atoms with Crippen molar-refractivity contribution in [3.8, 4) is 11.8 Å². The summed E-state index contributed by atoms with van der Waals surface area (Å²) in [5.41, 5.74) is 5.23. The van der Waals surface area contributed by atoms with Gasteiger partial charge in [-0.05, 0) is 56.0 Å². The Labute approximate surface area is 105 Å². The standard InChI is InChI=1S/C13H16N2O3/c1-7-6-11(10(4)9(3)8(7)2)15-13(16)18-12(14-15)17-5/h6H,1-5H3. The molecule has 2 aromatic rings. The van der Waals surface area contributed by atoms with Gasteiger partial charge >= 0.3 is 11.8 Å². The molecule has 0 spiro atoms. The minimum absolute atomic E-state index is 0.0321. The van der Waals surface area contributed by atoms with Crippen molar-refractivity contribution < 1.29 is 9.15 Å². The first-order valence-corrected chi connectivity index (χ1v) is 5.67. The Bertz CT molecular complexity index is 653. The zero-order chi connectivity index (χ0) is 13.4. The molecule has 1 heterocycles. The molecule has 0 aliphatic rings. The molecule has 1 aromatic carbocycles. The lowest BCUT2D eigenvalue weighted by atomic mass is 9.98. The van der Waals surface area contributed by atoms with Crippen molar-refractivity contribution >= 4 is 0 Å². The molecule has 5 nitrogen and oxygen atoms in total. The Kier molecular flexibility index (Phi) is 2.98. The van der Waals surface area contributed by atoms with E-state index in [-0.39, 0.29) is 6.08 Å². The number of hydrogen-bond acceptors (Lipinski definition) is 4. The SMILES string of the molecule is COc1nn(-c2cc(C)c(C)c(C)c2C)c(=O)o1. The number of benzene rings is 1. The van der Waals surface area contributed by atoms with Crippen LogP contribution >= 0.6 is 0 Å². The summed E-state index contributed by atoms with van der Waals surface area (Å²) in [4.78, 5) is 11.7. The predicted octanol–water partition coefficient (Wildman–Crippen LogP) is 2.07. The van der Waals surface area contributed by atoms with Gasteiger partial charge in [-0.1, -0.05) is 5.10 Å². The summed E-state index contributed by atoms with van der Waals surface area (Å²) >= 11 is 0. The van der Waals surface area contributed by atoms with Crippen LogP contribution < -0.4 is 10.5 Å². The summed E-state index contributed by atoms with van der Waals surface area (Å²) in [6.07, 6.45) is -0.0321. The van der Waals surface area contributed by atoms with E-state index in [9.17, 15) is 4.79 Å². The number of nitrogens with zero attached hydrogens (tertiary/aromatic N) is 2. The summed E-state index contributed by atoms with van der Waals surface area (Å²) in [6.45, 7) is 8.06. The molecule has 0 aliphatic heterocycles. The molecule has 2 rings (SSSR count). The highest BCUT2D eigenvalue weighted by Gasteiger charge is 2.15. The average molecular weight is 248 g/mol. The molecule has 18 heavy (non-hydrogen) atoms. The molecule has 0 N–H and O–H groups in total. The normalized spacial score (nSPS) is 10.7. The summed E-state index contributed by atoms with van der Waals surface area (Å²) in [5, 5.41) is 3.99. The lowest BCUT2D eigenvalue weighted by Gasteiger charge is -2.12. The van der Waals surface area contributed by atoms with E-state index >= 15 is 0 Å². The largest absolute Gasteiger partial charge is 0.452 e. The van der Waals surface area contributed by atoms with Gasteiger partial charge in [0.2, 0.25) is 0 Å². The molecule has 0 saturated heterocycles. The molecule has 0 bridgehead atoms. The zero-order valence-corrected chi connectivity index (χ0v) is 11.2. The van der Waals surface area contributed by atoms with E-state index in [1.165, 1.54) is 17.4 Å². The van der Waals surface area contributed by atoms with E-state index in [1.54, 1.807) is 0 Å². The van der Waals surface area contributed by atoms with Crippen LogP contribution in [-0.2, 0) is 0 Å². The molecular formula is C13H16N2O3. The molecule has 96 valence electrons. The zero-order valence-electron chi connectivity index (χ0n) is 11.2. The molecular weight excluding hydrogens is 232 g/mol. The van der Waals surface area contributed by atoms with Gasteiger partial charge in [-0.25, -0.2) is 4.79 Å². The topological polar surface area (TPSA) is 57.3 Å². The fourth-order valence-corrected chi connectivity index (χ4v) is 1.91. The molecule has 0 saturated carbocycles. The number of rotatable bonds is 2. The number of aromatic nitrogens is 2. The van der Waals surface area contributed by atoms with Gasteiger partial charge in [0.05, 0.1) is 12.8 Å². The lowest BCUT2D eigenvalue weighted by Crippen LogP contribution is -2.15. The number of aryl methyl sites for hydroxylation is 1. The Morgan fingerprint density at radius 2 is 1.83 bits per heavy atom. The van der Waals surface area contributed by atoms with Crippen LogP contribution in [0.15, 0.2) is 15.3 Å². The van der Waals surface area contributed by atoms with E-state index in [0.29, 0.717) is 0 Å². The number of hydrogen-bond donors (Lipinski definition) is 0. The van der Waals surface area contributed by atoms with Gasteiger partial charge in [0, 0.05) is 0 Å². The Morgan fingerprint density at radius 1 is 1.17 bits per heavy atom. The first-order valence-electron chi connectivity index (χ1n) is 5.67. The van der Waals surface area contributed by atoms with Gasteiger partial charge in [-0.2, -0.15) is 4.68 Å². The van der Waals surface area contributed by atoms with Gasteiger partial charge in [-0.15, -0.1) is 0 Å². The van der Waals surface area contributed by atoms with Crippen molar-refractivity contribution in [3.05, 3.63) is 38.9 Å². The summed E-state index contributed by atoms with van der Waals surface area (Å²) in [7, 11) is 1.41. The first kappa shape index (κ1) is 12.4. The molecule has 0 radical (unpaired) electrons. The average Bonchev–Trinajstić information content (AvgIpc) is 2.72. The fourth-order valence-electron chi connectivity index (χ4n) is 1.91. The highest BCUT2D eigenvalue weighted by Crippen LogP contribution is 2.23. The smallest absolute Gasteiger partial charge is 0.444 e. The second-order valence-corrected chi connectivity index (χ2v) is 4.34. The minimum atomic E-state index is -0.544. The highest BCUT2D eigenvalue weighted by atomic mass is 16.6. The summed E-state index contributed by atoms with van der Waals surface area (Å²) in [6, 6.07) is 1.93. The fraction of sp³-hybridized carbons (Fsp3) is 0.385. The molecule has 0 amide bonds. The maximum atomic E-state index is 11.7. The molecule has 5 heteroatoms.